The summed E-state index contributed by atoms with van der Waals surface area (Å²) in [7, 11) is -3.37. The summed E-state index contributed by atoms with van der Waals surface area (Å²) in [6, 6.07) is 6.78. The van der Waals surface area contributed by atoms with Crippen LogP contribution in [-0.4, -0.2) is 42.3 Å². The third kappa shape index (κ3) is 5.40. The summed E-state index contributed by atoms with van der Waals surface area (Å²) in [5.74, 6) is 0.469. The number of nitrogens with one attached hydrogen (secondary N) is 1. The van der Waals surface area contributed by atoms with Gasteiger partial charge in [-0.15, -0.1) is 5.10 Å². The van der Waals surface area contributed by atoms with E-state index in [1.807, 2.05) is 0 Å². The van der Waals surface area contributed by atoms with Gasteiger partial charge in [-0.05, 0) is 24.3 Å². The normalized spacial score (nSPS) is 11.4. The summed E-state index contributed by atoms with van der Waals surface area (Å²) in [4.78, 5) is 0. The van der Waals surface area contributed by atoms with Gasteiger partial charge in [0.2, 0.25) is 10.0 Å². The first-order valence-electron chi connectivity index (χ1n) is 6.35. The number of aromatic nitrogens is 3. The Balaban J connectivity index is 1.69. The van der Waals surface area contributed by atoms with Gasteiger partial charge in [-0.1, -0.05) is 5.21 Å². The second-order valence-corrected chi connectivity index (χ2v) is 6.22. The van der Waals surface area contributed by atoms with Crippen LogP contribution >= 0.6 is 0 Å². The standard InChI is InChI=1S/C12H17N5O3S/c13-11-1-3-12(4-2-11)20-9-10-21(18,19)15-6-8-17-7-5-14-16-17/h1-5,7,15H,6,8-10,13H2. The fraction of sp³-hybridized carbons (Fsp3) is 0.333. The number of nitrogens with zero attached hydrogens (tertiary/aromatic N) is 3. The van der Waals surface area contributed by atoms with Crippen LogP contribution < -0.4 is 15.2 Å². The highest BCUT2D eigenvalue weighted by Gasteiger charge is 2.10. The van der Waals surface area contributed by atoms with E-state index in [1.54, 1.807) is 35.1 Å². The molecule has 114 valence electrons. The minimum Gasteiger partial charge on any atom is -0.492 e. The van der Waals surface area contributed by atoms with Crippen LogP contribution in [0.2, 0.25) is 0 Å². The van der Waals surface area contributed by atoms with E-state index in [0.717, 1.165) is 0 Å². The lowest BCUT2D eigenvalue weighted by molar-refractivity contribution is 0.340. The number of hydrogen-bond donors (Lipinski definition) is 2. The van der Waals surface area contributed by atoms with Crippen molar-refractivity contribution in [2.45, 2.75) is 6.54 Å². The monoisotopic (exact) mass is 311 g/mol. The maximum atomic E-state index is 11.7. The first kappa shape index (κ1) is 15.3. The fourth-order valence-electron chi connectivity index (χ4n) is 1.57. The van der Waals surface area contributed by atoms with Crippen molar-refractivity contribution in [3.05, 3.63) is 36.7 Å². The van der Waals surface area contributed by atoms with E-state index in [-0.39, 0.29) is 18.9 Å². The lowest BCUT2D eigenvalue weighted by Crippen LogP contribution is -2.31. The van der Waals surface area contributed by atoms with Crippen molar-refractivity contribution < 1.29 is 13.2 Å². The SMILES string of the molecule is Nc1ccc(OCCS(=O)(=O)NCCn2ccnn2)cc1. The molecule has 8 nitrogen and oxygen atoms in total. The van der Waals surface area contributed by atoms with Gasteiger partial charge in [0.05, 0.1) is 18.5 Å². The van der Waals surface area contributed by atoms with Gasteiger partial charge in [-0.25, -0.2) is 13.1 Å². The summed E-state index contributed by atoms with van der Waals surface area (Å²) in [6.07, 6.45) is 3.20. The van der Waals surface area contributed by atoms with Gasteiger partial charge < -0.3 is 10.5 Å². The highest BCUT2D eigenvalue weighted by molar-refractivity contribution is 7.89. The number of hydrogen-bond acceptors (Lipinski definition) is 6. The van der Waals surface area contributed by atoms with E-state index in [1.165, 1.54) is 6.20 Å². The quantitative estimate of drug-likeness (QED) is 0.656. The Morgan fingerprint density at radius 1 is 1.29 bits per heavy atom. The van der Waals surface area contributed by atoms with Crippen LogP contribution in [0, 0.1) is 0 Å². The first-order valence-corrected chi connectivity index (χ1v) is 8.00. The molecule has 1 heterocycles. The highest BCUT2D eigenvalue weighted by Crippen LogP contribution is 2.12. The summed E-state index contributed by atoms with van der Waals surface area (Å²) in [6.45, 7) is 0.758. The summed E-state index contributed by atoms with van der Waals surface area (Å²) < 4.78 is 32.9. The van der Waals surface area contributed by atoms with Gasteiger partial charge in [-0.3, -0.25) is 4.68 Å². The average Bonchev–Trinajstić information content (AvgIpc) is 2.94. The molecular formula is C12H17N5O3S. The largest absolute Gasteiger partial charge is 0.492 e. The predicted octanol–water partition coefficient (Wildman–Crippen LogP) is -0.141. The van der Waals surface area contributed by atoms with Crippen molar-refractivity contribution in [3.8, 4) is 5.75 Å². The number of ether oxygens (including phenoxy) is 1. The van der Waals surface area contributed by atoms with Gasteiger partial charge >= 0.3 is 0 Å². The molecule has 0 aliphatic rings. The summed E-state index contributed by atoms with van der Waals surface area (Å²) in [5.41, 5.74) is 6.18. The zero-order chi connectivity index (χ0) is 15.1. The van der Waals surface area contributed by atoms with E-state index in [9.17, 15) is 8.42 Å². The predicted molar refractivity (Wildman–Crippen MR) is 78.2 cm³/mol. The number of benzene rings is 1. The maximum absolute atomic E-state index is 11.7. The number of nitrogens with two attached hydrogens (primary N) is 1. The van der Waals surface area contributed by atoms with Crippen LogP contribution in [0.3, 0.4) is 0 Å². The summed E-state index contributed by atoms with van der Waals surface area (Å²) in [5, 5.41) is 7.38. The molecule has 0 spiro atoms. The molecule has 2 rings (SSSR count). The molecule has 0 aliphatic heterocycles. The van der Waals surface area contributed by atoms with Crippen molar-refractivity contribution in [2.75, 3.05) is 24.6 Å². The zero-order valence-corrected chi connectivity index (χ0v) is 12.2. The van der Waals surface area contributed by atoms with Crippen molar-refractivity contribution in [1.82, 2.24) is 19.7 Å². The molecule has 0 saturated carbocycles. The smallest absolute Gasteiger partial charge is 0.215 e. The minimum atomic E-state index is -3.37. The van der Waals surface area contributed by atoms with E-state index in [4.69, 9.17) is 10.5 Å². The zero-order valence-electron chi connectivity index (χ0n) is 11.3. The molecule has 0 radical (unpaired) electrons. The maximum Gasteiger partial charge on any atom is 0.215 e. The topological polar surface area (TPSA) is 112 Å². The van der Waals surface area contributed by atoms with E-state index in [2.05, 4.69) is 15.0 Å². The molecule has 0 saturated heterocycles. The van der Waals surface area contributed by atoms with Gasteiger partial charge in [0.15, 0.2) is 0 Å². The van der Waals surface area contributed by atoms with Crippen LogP contribution in [0.15, 0.2) is 36.7 Å². The van der Waals surface area contributed by atoms with Gasteiger partial charge in [0.1, 0.15) is 12.4 Å². The molecule has 0 aliphatic carbocycles. The summed E-state index contributed by atoms with van der Waals surface area (Å²) >= 11 is 0. The van der Waals surface area contributed by atoms with E-state index >= 15 is 0 Å². The van der Waals surface area contributed by atoms with Crippen molar-refractivity contribution in [2.24, 2.45) is 0 Å². The molecule has 21 heavy (non-hydrogen) atoms. The van der Waals surface area contributed by atoms with Crippen LogP contribution in [-0.2, 0) is 16.6 Å². The number of rotatable bonds is 8. The van der Waals surface area contributed by atoms with Crippen LogP contribution in [0.5, 0.6) is 5.75 Å². The highest BCUT2D eigenvalue weighted by atomic mass is 32.2. The Morgan fingerprint density at radius 2 is 2.05 bits per heavy atom. The van der Waals surface area contributed by atoms with Crippen LogP contribution in [0.25, 0.3) is 0 Å². The average molecular weight is 311 g/mol. The van der Waals surface area contributed by atoms with Crippen LogP contribution in [0.4, 0.5) is 5.69 Å². The molecule has 1 aromatic carbocycles. The molecule has 0 unspecified atom stereocenters. The van der Waals surface area contributed by atoms with Crippen molar-refractivity contribution >= 4 is 15.7 Å². The minimum absolute atomic E-state index is 0.0720. The molecule has 0 atom stereocenters. The van der Waals surface area contributed by atoms with Crippen molar-refractivity contribution in [1.29, 1.82) is 0 Å². The lowest BCUT2D eigenvalue weighted by Gasteiger charge is -2.08. The Bertz CT molecular complexity index is 640. The Morgan fingerprint density at radius 3 is 2.71 bits per heavy atom. The van der Waals surface area contributed by atoms with Gasteiger partial charge in [0.25, 0.3) is 0 Å². The molecule has 2 aromatic rings. The van der Waals surface area contributed by atoms with Gasteiger partial charge in [-0.2, -0.15) is 0 Å². The number of sulfonamides is 1. The molecular weight excluding hydrogens is 294 g/mol. The Labute approximate surface area is 123 Å². The van der Waals surface area contributed by atoms with Crippen molar-refractivity contribution in [3.63, 3.8) is 0 Å². The number of anilines is 1. The third-order valence-electron chi connectivity index (χ3n) is 2.64. The Kier molecular flexibility index (Phi) is 5.12. The Hall–Kier alpha value is -2.13. The lowest BCUT2D eigenvalue weighted by atomic mass is 10.3. The molecule has 3 N–H and O–H groups in total. The third-order valence-corrected chi connectivity index (χ3v) is 3.98. The first-order chi connectivity index (χ1) is 10.1. The molecule has 1 aromatic heterocycles. The fourth-order valence-corrected chi connectivity index (χ4v) is 2.42. The number of nitrogen functional groups attached to an aromatic ring is 1. The van der Waals surface area contributed by atoms with E-state index < -0.39 is 10.0 Å². The second-order valence-electron chi connectivity index (χ2n) is 4.30. The van der Waals surface area contributed by atoms with Gasteiger partial charge in [0, 0.05) is 18.4 Å². The molecule has 0 fully saturated rings. The van der Waals surface area contributed by atoms with E-state index in [0.29, 0.717) is 18.0 Å². The molecule has 9 heteroatoms. The molecule has 0 amide bonds. The second kappa shape index (κ2) is 7.04. The molecule has 0 bridgehead atoms. The van der Waals surface area contributed by atoms with Crippen LogP contribution in [0.1, 0.15) is 0 Å².